The average molecular weight is 266 g/mol. The van der Waals surface area contributed by atoms with Gasteiger partial charge >= 0.3 is 0 Å². The number of hydrogen-bond acceptors (Lipinski definition) is 6. The van der Waals surface area contributed by atoms with Crippen molar-refractivity contribution in [2.24, 2.45) is 0 Å². The van der Waals surface area contributed by atoms with Gasteiger partial charge in [0, 0.05) is 18.0 Å². The van der Waals surface area contributed by atoms with Gasteiger partial charge in [-0.2, -0.15) is 11.3 Å². The molecule has 0 saturated carbocycles. The fourth-order valence-electron chi connectivity index (χ4n) is 1.34. The molecule has 4 nitrogen and oxygen atoms in total. The van der Waals surface area contributed by atoms with Crippen molar-refractivity contribution in [2.75, 3.05) is 23.4 Å². The van der Waals surface area contributed by atoms with E-state index >= 15 is 0 Å². The minimum absolute atomic E-state index is 0.765. The van der Waals surface area contributed by atoms with Gasteiger partial charge in [-0.1, -0.05) is 11.8 Å². The van der Waals surface area contributed by atoms with Crippen LogP contribution in [0.15, 0.2) is 28.0 Å². The monoisotopic (exact) mass is 266 g/mol. The zero-order valence-electron chi connectivity index (χ0n) is 9.73. The van der Waals surface area contributed by atoms with E-state index in [0.29, 0.717) is 0 Å². The molecule has 0 bridgehead atoms. The van der Waals surface area contributed by atoms with Crippen LogP contribution in [0.4, 0.5) is 17.3 Å². The molecule has 2 aromatic heterocycles. The molecule has 6 heteroatoms. The predicted molar refractivity (Wildman–Crippen MR) is 75.6 cm³/mol. The van der Waals surface area contributed by atoms with Crippen molar-refractivity contribution in [1.29, 1.82) is 0 Å². The number of anilines is 3. The minimum atomic E-state index is 0.765. The Morgan fingerprint density at radius 2 is 2.18 bits per heavy atom. The SMILES string of the molecule is CCNc1cc(Nc2ccsc2)nc(SC)n1. The van der Waals surface area contributed by atoms with Crippen molar-refractivity contribution in [3.05, 3.63) is 22.9 Å². The number of rotatable bonds is 5. The quantitative estimate of drug-likeness (QED) is 0.641. The first-order valence-corrected chi connectivity index (χ1v) is 7.44. The maximum absolute atomic E-state index is 4.41. The Balaban J connectivity index is 2.23. The van der Waals surface area contributed by atoms with E-state index in [-0.39, 0.29) is 0 Å². The second-order valence-corrected chi connectivity index (χ2v) is 4.85. The molecule has 90 valence electrons. The molecule has 0 radical (unpaired) electrons. The van der Waals surface area contributed by atoms with Crippen LogP contribution in [-0.4, -0.2) is 22.8 Å². The zero-order chi connectivity index (χ0) is 12.1. The summed E-state index contributed by atoms with van der Waals surface area (Å²) < 4.78 is 0. The summed E-state index contributed by atoms with van der Waals surface area (Å²) in [6.07, 6.45) is 1.97. The van der Waals surface area contributed by atoms with Gasteiger partial charge in [-0.05, 0) is 24.6 Å². The van der Waals surface area contributed by atoms with Crippen LogP contribution < -0.4 is 10.6 Å². The van der Waals surface area contributed by atoms with Crippen LogP contribution >= 0.6 is 23.1 Å². The predicted octanol–water partition coefficient (Wildman–Crippen LogP) is 3.44. The lowest BCUT2D eigenvalue weighted by Crippen LogP contribution is -2.03. The standard InChI is InChI=1S/C11H14N4S2/c1-3-12-9-6-10(15-11(14-9)16-2)13-8-4-5-17-7-8/h4-7H,3H2,1-2H3,(H2,12,13,14,15). The summed E-state index contributed by atoms with van der Waals surface area (Å²) in [6, 6.07) is 3.94. The Morgan fingerprint density at radius 1 is 1.35 bits per heavy atom. The van der Waals surface area contributed by atoms with E-state index in [1.54, 1.807) is 11.3 Å². The van der Waals surface area contributed by atoms with Crippen molar-refractivity contribution in [3.8, 4) is 0 Å². The summed E-state index contributed by atoms with van der Waals surface area (Å²) in [4.78, 5) is 8.79. The number of nitrogens with zero attached hydrogens (tertiary/aromatic N) is 2. The molecule has 2 aromatic rings. The highest BCUT2D eigenvalue weighted by atomic mass is 32.2. The fourth-order valence-corrected chi connectivity index (χ4v) is 2.30. The van der Waals surface area contributed by atoms with Gasteiger partial charge < -0.3 is 10.6 Å². The van der Waals surface area contributed by atoms with Crippen LogP contribution in [0.5, 0.6) is 0 Å². The second kappa shape index (κ2) is 5.88. The van der Waals surface area contributed by atoms with E-state index < -0.39 is 0 Å². The van der Waals surface area contributed by atoms with E-state index in [2.05, 4.69) is 20.6 Å². The van der Waals surface area contributed by atoms with Crippen LogP contribution in [0.25, 0.3) is 0 Å². The number of aromatic nitrogens is 2. The summed E-state index contributed by atoms with van der Waals surface area (Å²) in [7, 11) is 0. The molecule has 2 rings (SSSR count). The molecule has 2 N–H and O–H groups in total. The maximum Gasteiger partial charge on any atom is 0.191 e. The molecule has 0 amide bonds. The van der Waals surface area contributed by atoms with Crippen molar-refractivity contribution in [3.63, 3.8) is 0 Å². The van der Waals surface area contributed by atoms with Gasteiger partial charge in [0.1, 0.15) is 11.6 Å². The summed E-state index contributed by atoms with van der Waals surface area (Å²) >= 11 is 3.19. The van der Waals surface area contributed by atoms with Crippen LogP contribution in [0.3, 0.4) is 0 Å². The molecular weight excluding hydrogens is 252 g/mol. The molecule has 0 aromatic carbocycles. The first kappa shape index (κ1) is 12.2. The number of hydrogen-bond donors (Lipinski definition) is 2. The van der Waals surface area contributed by atoms with Crippen molar-refractivity contribution >= 4 is 40.4 Å². The molecule has 0 unspecified atom stereocenters. The number of thioether (sulfide) groups is 1. The molecule has 0 aliphatic rings. The minimum Gasteiger partial charge on any atom is -0.370 e. The summed E-state index contributed by atoms with van der Waals surface area (Å²) in [5, 5.41) is 11.3. The molecule has 0 fully saturated rings. The lowest BCUT2D eigenvalue weighted by atomic mass is 10.4. The second-order valence-electron chi connectivity index (χ2n) is 3.29. The van der Waals surface area contributed by atoms with Crippen LogP contribution in [0, 0.1) is 0 Å². The third-order valence-corrected chi connectivity index (χ3v) is 3.27. The van der Waals surface area contributed by atoms with Gasteiger partial charge in [-0.3, -0.25) is 0 Å². The van der Waals surface area contributed by atoms with Gasteiger partial charge in [0.15, 0.2) is 5.16 Å². The highest BCUT2D eigenvalue weighted by molar-refractivity contribution is 7.98. The van der Waals surface area contributed by atoms with Crippen molar-refractivity contribution in [1.82, 2.24) is 9.97 Å². The fraction of sp³-hybridized carbons (Fsp3) is 0.273. The Labute approximate surface area is 109 Å². The topological polar surface area (TPSA) is 49.8 Å². The Morgan fingerprint density at radius 3 is 2.82 bits per heavy atom. The highest BCUT2D eigenvalue weighted by Crippen LogP contribution is 2.22. The van der Waals surface area contributed by atoms with E-state index in [1.165, 1.54) is 11.8 Å². The van der Waals surface area contributed by atoms with Crippen molar-refractivity contribution < 1.29 is 0 Å². The van der Waals surface area contributed by atoms with Gasteiger partial charge in [0.25, 0.3) is 0 Å². The van der Waals surface area contributed by atoms with Gasteiger partial charge in [0.2, 0.25) is 0 Å². The number of thiophene rings is 1. The summed E-state index contributed by atoms with van der Waals surface area (Å²) in [5.41, 5.74) is 1.06. The molecule has 0 saturated heterocycles. The lowest BCUT2D eigenvalue weighted by molar-refractivity contribution is 0.967. The van der Waals surface area contributed by atoms with E-state index in [9.17, 15) is 0 Å². The molecule has 0 spiro atoms. The molecular formula is C11H14N4S2. The van der Waals surface area contributed by atoms with E-state index in [4.69, 9.17) is 0 Å². The van der Waals surface area contributed by atoms with Crippen molar-refractivity contribution in [2.45, 2.75) is 12.1 Å². The Hall–Kier alpha value is -1.27. The Kier molecular flexibility index (Phi) is 4.22. The van der Waals surface area contributed by atoms with Gasteiger partial charge in [-0.15, -0.1) is 0 Å². The molecule has 17 heavy (non-hydrogen) atoms. The third-order valence-electron chi connectivity index (χ3n) is 2.04. The maximum atomic E-state index is 4.41. The molecule has 0 aliphatic carbocycles. The Bertz CT molecular complexity index is 470. The summed E-state index contributed by atoms with van der Waals surface area (Å²) in [6.45, 7) is 2.90. The van der Waals surface area contributed by atoms with Crippen LogP contribution in [0.1, 0.15) is 6.92 Å². The highest BCUT2D eigenvalue weighted by Gasteiger charge is 2.04. The zero-order valence-corrected chi connectivity index (χ0v) is 11.4. The summed E-state index contributed by atoms with van der Waals surface area (Å²) in [5.74, 6) is 1.67. The first-order chi connectivity index (χ1) is 8.31. The molecule has 2 heterocycles. The van der Waals surface area contributed by atoms with Crippen LogP contribution in [-0.2, 0) is 0 Å². The largest absolute Gasteiger partial charge is 0.370 e. The lowest BCUT2D eigenvalue weighted by Gasteiger charge is -2.08. The molecule has 0 aliphatic heterocycles. The smallest absolute Gasteiger partial charge is 0.191 e. The normalized spacial score (nSPS) is 10.2. The average Bonchev–Trinajstić information content (AvgIpc) is 2.82. The van der Waals surface area contributed by atoms with Crippen LogP contribution in [0.2, 0.25) is 0 Å². The van der Waals surface area contributed by atoms with E-state index in [1.807, 2.05) is 36.1 Å². The third kappa shape index (κ3) is 3.34. The van der Waals surface area contributed by atoms with Gasteiger partial charge in [0.05, 0.1) is 5.69 Å². The first-order valence-electron chi connectivity index (χ1n) is 5.28. The number of nitrogens with one attached hydrogen (secondary N) is 2. The van der Waals surface area contributed by atoms with Gasteiger partial charge in [-0.25, -0.2) is 9.97 Å². The molecule has 0 atom stereocenters. The van der Waals surface area contributed by atoms with E-state index in [0.717, 1.165) is 29.0 Å².